The van der Waals surface area contributed by atoms with E-state index >= 15 is 0 Å². The smallest absolute Gasteiger partial charge is 0.252 e. The maximum Gasteiger partial charge on any atom is 0.252 e. The van der Waals surface area contributed by atoms with Gasteiger partial charge in [-0.1, -0.05) is 24.3 Å². The van der Waals surface area contributed by atoms with Crippen molar-refractivity contribution in [3.63, 3.8) is 0 Å². The van der Waals surface area contributed by atoms with Gasteiger partial charge in [-0.2, -0.15) is 0 Å². The molecule has 1 aromatic carbocycles. The van der Waals surface area contributed by atoms with Crippen LogP contribution in [0.15, 0.2) is 49.6 Å². The van der Waals surface area contributed by atoms with Crippen molar-refractivity contribution < 1.29 is 23.5 Å². The Bertz CT molecular complexity index is 771. The fourth-order valence-corrected chi connectivity index (χ4v) is 3.19. The number of benzene rings is 1. The van der Waals surface area contributed by atoms with Crippen molar-refractivity contribution in [2.24, 2.45) is 0 Å². The molecule has 156 valence electrons. The second-order valence-corrected chi connectivity index (χ2v) is 6.78. The largest absolute Gasteiger partial charge is 0.356 e. The lowest BCUT2D eigenvalue weighted by Gasteiger charge is -2.38. The van der Waals surface area contributed by atoms with Crippen LogP contribution in [0.1, 0.15) is 18.5 Å². The summed E-state index contributed by atoms with van der Waals surface area (Å²) in [6.07, 6.45) is 2.14. The Hall–Kier alpha value is -3.00. The lowest BCUT2D eigenvalue weighted by Crippen LogP contribution is -2.56. The Morgan fingerprint density at radius 3 is 2.45 bits per heavy atom. The van der Waals surface area contributed by atoms with Crippen LogP contribution in [0.5, 0.6) is 0 Å². The van der Waals surface area contributed by atoms with E-state index < -0.39 is 29.9 Å². The molecule has 1 aliphatic rings. The third-order valence-electron chi connectivity index (χ3n) is 4.69. The monoisotopic (exact) mass is 403 g/mol. The average Bonchev–Trinajstić information content (AvgIpc) is 2.70. The molecule has 1 heterocycles. The summed E-state index contributed by atoms with van der Waals surface area (Å²) in [6, 6.07) is 3.96. The molecule has 0 spiro atoms. The predicted molar refractivity (Wildman–Crippen MR) is 106 cm³/mol. The number of rotatable bonds is 8. The van der Waals surface area contributed by atoms with E-state index in [1.54, 1.807) is 26.1 Å². The van der Waals surface area contributed by atoms with Gasteiger partial charge < -0.3 is 19.9 Å². The predicted octanol–water partition coefficient (Wildman–Crippen LogP) is 1.43. The van der Waals surface area contributed by atoms with E-state index in [1.165, 1.54) is 34.1 Å². The Morgan fingerprint density at radius 1 is 1.31 bits per heavy atom. The molecule has 1 N–H and O–H groups in total. The minimum Gasteiger partial charge on any atom is -0.356 e. The van der Waals surface area contributed by atoms with Gasteiger partial charge >= 0.3 is 0 Å². The summed E-state index contributed by atoms with van der Waals surface area (Å²) in [7, 11) is 1.56. The van der Waals surface area contributed by atoms with Gasteiger partial charge in [0.1, 0.15) is 18.5 Å². The van der Waals surface area contributed by atoms with Crippen LogP contribution in [0.25, 0.3) is 0 Å². The molecular weight excluding hydrogens is 377 g/mol. The van der Waals surface area contributed by atoms with Crippen LogP contribution in [-0.4, -0.2) is 66.4 Å². The van der Waals surface area contributed by atoms with E-state index in [1.807, 2.05) is 0 Å². The first kappa shape index (κ1) is 22.3. The summed E-state index contributed by atoms with van der Waals surface area (Å²) < 4.78 is 18.8. The minimum absolute atomic E-state index is 0.256. The van der Waals surface area contributed by atoms with E-state index in [2.05, 4.69) is 18.5 Å². The second kappa shape index (κ2) is 9.97. The number of hydrogen-bond acceptors (Lipinski definition) is 4. The number of nitrogens with one attached hydrogen (secondary N) is 1. The van der Waals surface area contributed by atoms with Gasteiger partial charge in [0.15, 0.2) is 6.10 Å². The number of halogens is 1. The molecule has 1 aromatic rings. The number of carbonyl (C=O) groups excluding carboxylic acids is 3. The Balaban J connectivity index is 2.18. The van der Waals surface area contributed by atoms with Crippen molar-refractivity contribution in [1.29, 1.82) is 0 Å². The number of morpholine rings is 1. The quantitative estimate of drug-likeness (QED) is 0.666. The molecule has 3 atom stereocenters. The van der Waals surface area contributed by atoms with Gasteiger partial charge in [0, 0.05) is 20.1 Å². The third kappa shape index (κ3) is 5.29. The van der Waals surface area contributed by atoms with Crippen LogP contribution < -0.4 is 5.32 Å². The Kier molecular flexibility index (Phi) is 7.67. The van der Waals surface area contributed by atoms with E-state index in [4.69, 9.17) is 4.74 Å². The molecule has 3 amide bonds. The maximum atomic E-state index is 13.3. The second-order valence-electron chi connectivity index (χ2n) is 6.78. The van der Waals surface area contributed by atoms with Gasteiger partial charge in [-0.25, -0.2) is 4.39 Å². The molecule has 1 aliphatic heterocycles. The fourth-order valence-electron chi connectivity index (χ4n) is 3.19. The SMILES string of the molecule is C=CCN(CC=C)C(=O)C(C)NC(=O)C1OCC(=O)N(C)C1c1ccc(F)cc1. The first-order valence-electron chi connectivity index (χ1n) is 9.23. The van der Waals surface area contributed by atoms with Crippen molar-refractivity contribution in [1.82, 2.24) is 15.1 Å². The highest BCUT2D eigenvalue weighted by atomic mass is 19.1. The van der Waals surface area contributed by atoms with Crippen LogP contribution in [0.3, 0.4) is 0 Å². The maximum absolute atomic E-state index is 13.3. The van der Waals surface area contributed by atoms with Gasteiger partial charge in [-0.15, -0.1) is 13.2 Å². The van der Waals surface area contributed by atoms with Gasteiger partial charge in [-0.05, 0) is 24.6 Å². The molecule has 3 unspecified atom stereocenters. The van der Waals surface area contributed by atoms with E-state index in [9.17, 15) is 18.8 Å². The van der Waals surface area contributed by atoms with E-state index in [-0.39, 0.29) is 18.4 Å². The number of carbonyl (C=O) groups is 3. The van der Waals surface area contributed by atoms with Crippen LogP contribution in [-0.2, 0) is 19.1 Å². The van der Waals surface area contributed by atoms with Crippen LogP contribution in [0.4, 0.5) is 4.39 Å². The van der Waals surface area contributed by atoms with Crippen LogP contribution in [0.2, 0.25) is 0 Å². The van der Waals surface area contributed by atoms with Crippen LogP contribution in [0, 0.1) is 5.82 Å². The summed E-state index contributed by atoms with van der Waals surface area (Å²) in [6.45, 7) is 9.21. The zero-order chi connectivity index (χ0) is 21.6. The van der Waals surface area contributed by atoms with E-state index in [0.29, 0.717) is 18.7 Å². The molecule has 7 nitrogen and oxygen atoms in total. The highest BCUT2D eigenvalue weighted by molar-refractivity contribution is 5.91. The van der Waals surface area contributed by atoms with Crippen molar-refractivity contribution in [2.45, 2.75) is 25.1 Å². The van der Waals surface area contributed by atoms with E-state index in [0.717, 1.165) is 0 Å². The van der Waals surface area contributed by atoms with Crippen LogP contribution >= 0.6 is 0 Å². The molecule has 8 heteroatoms. The van der Waals surface area contributed by atoms with Crippen molar-refractivity contribution >= 4 is 17.7 Å². The minimum atomic E-state index is -1.04. The molecule has 0 bridgehead atoms. The zero-order valence-corrected chi connectivity index (χ0v) is 16.6. The molecule has 2 rings (SSSR count). The normalized spacial score (nSPS) is 20.0. The standard InChI is InChI=1S/C21H26FN3O4/c1-5-11-25(12-6-2)21(28)14(3)23-20(27)19-18(24(4)17(26)13-29-19)15-7-9-16(22)10-8-15/h5-10,14,18-19H,1-2,11-13H2,3-4H3,(H,23,27). The number of amides is 3. The third-order valence-corrected chi connectivity index (χ3v) is 4.69. The van der Waals surface area contributed by atoms with Gasteiger partial charge in [0.2, 0.25) is 11.8 Å². The van der Waals surface area contributed by atoms with Gasteiger partial charge in [0.05, 0.1) is 6.04 Å². The molecule has 0 saturated carbocycles. The number of likely N-dealkylation sites (N-methyl/N-ethyl adjacent to an activating group) is 1. The highest BCUT2D eigenvalue weighted by Gasteiger charge is 2.40. The number of hydrogen-bond donors (Lipinski definition) is 1. The fraction of sp³-hybridized carbons (Fsp3) is 0.381. The first-order valence-corrected chi connectivity index (χ1v) is 9.23. The lowest BCUT2D eigenvalue weighted by molar-refractivity contribution is -0.163. The summed E-state index contributed by atoms with van der Waals surface area (Å²) in [4.78, 5) is 40.5. The topological polar surface area (TPSA) is 79.0 Å². The summed E-state index contributed by atoms with van der Waals surface area (Å²) in [5, 5.41) is 2.66. The van der Waals surface area contributed by atoms with Gasteiger partial charge in [-0.3, -0.25) is 14.4 Å². The average molecular weight is 403 g/mol. The van der Waals surface area contributed by atoms with Crippen molar-refractivity contribution in [3.8, 4) is 0 Å². The Labute approximate surface area is 169 Å². The van der Waals surface area contributed by atoms with Crippen molar-refractivity contribution in [2.75, 3.05) is 26.7 Å². The zero-order valence-electron chi connectivity index (χ0n) is 16.6. The molecular formula is C21H26FN3O4. The molecule has 1 saturated heterocycles. The molecule has 0 aliphatic carbocycles. The molecule has 1 fully saturated rings. The molecule has 0 aromatic heterocycles. The highest BCUT2D eigenvalue weighted by Crippen LogP contribution is 2.29. The summed E-state index contributed by atoms with van der Waals surface area (Å²) >= 11 is 0. The van der Waals surface area contributed by atoms with Gasteiger partial charge in [0.25, 0.3) is 5.91 Å². The summed E-state index contributed by atoms with van der Waals surface area (Å²) in [5.74, 6) is -1.55. The first-order chi connectivity index (χ1) is 13.8. The number of ether oxygens (including phenoxy) is 1. The van der Waals surface area contributed by atoms with Crippen molar-refractivity contribution in [3.05, 3.63) is 61.0 Å². The Morgan fingerprint density at radius 2 is 1.90 bits per heavy atom. The number of nitrogens with zero attached hydrogens (tertiary/aromatic N) is 2. The molecule has 29 heavy (non-hydrogen) atoms. The molecule has 0 radical (unpaired) electrons. The lowest BCUT2D eigenvalue weighted by atomic mass is 9.97. The summed E-state index contributed by atoms with van der Waals surface area (Å²) in [5.41, 5.74) is 0.557.